The number of ketones is 1. The van der Waals surface area contributed by atoms with Crippen molar-refractivity contribution >= 4 is 34.4 Å². The Morgan fingerprint density at radius 2 is 1.03 bits per heavy atom. The number of aryl methyl sites for hydroxylation is 1. The van der Waals surface area contributed by atoms with Gasteiger partial charge in [0.2, 0.25) is 11.8 Å². The second kappa shape index (κ2) is 6.86. The van der Waals surface area contributed by atoms with Crippen molar-refractivity contribution in [3.63, 3.8) is 0 Å². The third-order valence-corrected chi connectivity index (χ3v) is 8.26. The molecule has 3 aromatic carbocycles. The van der Waals surface area contributed by atoms with Gasteiger partial charge in [0.25, 0.3) is 0 Å². The van der Waals surface area contributed by atoms with Gasteiger partial charge < -0.3 is 0 Å². The van der Waals surface area contributed by atoms with Crippen LogP contribution in [-0.4, -0.2) is 17.6 Å². The summed E-state index contributed by atoms with van der Waals surface area (Å²) in [6, 6.07) is 27.1. The van der Waals surface area contributed by atoms with Crippen molar-refractivity contribution in [1.82, 2.24) is 0 Å². The van der Waals surface area contributed by atoms with Gasteiger partial charge in [0.1, 0.15) is 0 Å². The van der Waals surface area contributed by atoms with Gasteiger partial charge in [0.15, 0.2) is 5.78 Å². The van der Waals surface area contributed by atoms with E-state index in [-0.39, 0.29) is 17.6 Å². The molecule has 34 heavy (non-hydrogen) atoms. The molecule has 4 heteroatoms. The minimum Gasteiger partial charge on any atom is -0.298 e. The maximum absolute atomic E-state index is 14.2. The lowest BCUT2D eigenvalue weighted by atomic mass is 9.63. The molecular weight excluding hydrogens is 422 g/mol. The van der Waals surface area contributed by atoms with Gasteiger partial charge in [-0.1, -0.05) is 78.9 Å². The van der Waals surface area contributed by atoms with Crippen LogP contribution in [0.5, 0.6) is 0 Å². The molecule has 0 unspecified atom stereocenters. The Balaban J connectivity index is 1.64. The van der Waals surface area contributed by atoms with Crippen molar-refractivity contribution < 1.29 is 14.4 Å². The number of Topliss-reactive ketones (excluding diaryl/α,β-unsaturated/α-hetero) is 1. The fourth-order valence-electron chi connectivity index (χ4n) is 6.86. The number of benzene rings is 3. The number of para-hydroxylation sites is 1. The van der Waals surface area contributed by atoms with Crippen molar-refractivity contribution in [2.75, 3.05) is 4.90 Å². The summed E-state index contributed by atoms with van der Waals surface area (Å²) in [7, 11) is 0. The zero-order chi connectivity index (χ0) is 23.8. The molecule has 0 aromatic heterocycles. The number of fused-ring (bicyclic) bond motifs is 5. The van der Waals surface area contributed by atoms with E-state index in [0.29, 0.717) is 5.69 Å². The highest BCUT2D eigenvalue weighted by molar-refractivity contribution is 6.34. The molecule has 0 spiro atoms. The highest BCUT2D eigenvalue weighted by Gasteiger charge is 2.78. The number of nitrogens with zero attached hydrogens (tertiary/aromatic N) is 1. The molecule has 1 aliphatic heterocycles. The Bertz CT molecular complexity index is 1320. The number of hydrogen-bond donors (Lipinski definition) is 0. The molecule has 4 atom stereocenters. The van der Waals surface area contributed by atoms with Crippen LogP contribution < -0.4 is 4.90 Å². The number of imide groups is 1. The molecule has 2 amide bonds. The van der Waals surface area contributed by atoms with Gasteiger partial charge in [-0.05, 0) is 54.7 Å². The number of rotatable bonds is 3. The second-order valence-electron chi connectivity index (χ2n) is 9.97. The molecule has 3 aromatic rings. The predicted molar refractivity (Wildman–Crippen MR) is 132 cm³/mol. The van der Waals surface area contributed by atoms with Gasteiger partial charge in [-0.2, -0.15) is 0 Å². The van der Waals surface area contributed by atoms with Crippen LogP contribution in [0.15, 0.2) is 84.9 Å². The summed E-state index contributed by atoms with van der Waals surface area (Å²) < 4.78 is 0. The Hall–Kier alpha value is -3.79. The SMILES string of the molecule is Cc1ccccc1N1C(=O)[C@@H]2[C@@H](C1=O)[C@@]1(C)C(=O)[C@@]2(C)C(c2ccccc2)=C1c1ccccc1. The van der Waals surface area contributed by atoms with Crippen molar-refractivity contribution in [1.29, 1.82) is 0 Å². The first-order valence-electron chi connectivity index (χ1n) is 11.7. The predicted octanol–water partition coefficient (Wildman–Crippen LogP) is 5.32. The maximum atomic E-state index is 14.2. The van der Waals surface area contributed by atoms with Crippen molar-refractivity contribution in [3.8, 4) is 0 Å². The summed E-state index contributed by atoms with van der Waals surface area (Å²) in [6.45, 7) is 5.66. The first kappa shape index (κ1) is 20.8. The van der Waals surface area contributed by atoms with E-state index in [1.165, 1.54) is 4.90 Å². The number of hydrogen-bond acceptors (Lipinski definition) is 3. The zero-order valence-corrected chi connectivity index (χ0v) is 19.4. The molecule has 0 N–H and O–H groups in total. The first-order valence-corrected chi connectivity index (χ1v) is 11.7. The first-order chi connectivity index (χ1) is 16.3. The topological polar surface area (TPSA) is 54.5 Å². The lowest BCUT2D eigenvalue weighted by molar-refractivity contribution is -0.133. The van der Waals surface area contributed by atoms with Gasteiger partial charge >= 0.3 is 0 Å². The van der Waals surface area contributed by atoms with Crippen molar-refractivity contribution in [2.24, 2.45) is 22.7 Å². The monoisotopic (exact) mass is 447 g/mol. The third kappa shape index (κ3) is 2.30. The highest BCUT2D eigenvalue weighted by atomic mass is 16.2. The number of amides is 2. The van der Waals surface area contributed by atoms with E-state index in [2.05, 4.69) is 0 Å². The Morgan fingerprint density at radius 3 is 1.47 bits per heavy atom. The van der Waals surface area contributed by atoms with Crippen LogP contribution in [0.3, 0.4) is 0 Å². The van der Waals surface area contributed by atoms with E-state index in [1.54, 1.807) is 0 Å². The van der Waals surface area contributed by atoms with Crippen molar-refractivity contribution in [3.05, 3.63) is 102 Å². The summed E-state index contributed by atoms with van der Waals surface area (Å²) in [5.41, 5.74) is 2.89. The molecule has 2 aliphatic carbocycles. The van der Waals surface area contributed by atoms with Crippen LogP contribution in [0.25, 0.3) is 11.1 Å². The fraction of sp³-hybridized carbons (Fsp3) is 0.233. The Morgan fingerprint density at radius 1 is 0.618 bits per heavy atom. The molecule has 4 nitrogen and oxygen atoms in total. The van der Waals surface area contributed by atoms with Crippen LogP contribution in [0.1, 0.15) is 30.5 Å². The maximum Gasteiger partial charge on any atom is 0.239 e. The second-order valence-corrected chi connectivity index (χ2v) is 9.97. The number of allylic oxidation sites excluding steroid dienone is 2. The lowest BCUT2D eigenvalue weighted by Gasteiger charge is -2.35. The van der Waals surface area contributed by atoms with Crippen LogP contribution >= 0.6 is 0 Å². The van der Waals surface area contributed by atoms with E-state index in [0.717, 1.165) is 27.8 Å². The summed E-state index contributed by atoms with van der Waals surface area (Å²) in [6.07, 6.45) is 0. The zero-order valence-electron chi connectivity index (χ0n) is 19.4. The van der Waals surface area contributed by atoms with Gasteiger partial charge in [-0.3, -0.25) is 14.4 Å². The minimum atomic E-state index is -1.09. The summed E-state index contributed by atoms with van der Waals surface area (Å²) >= 11 is 0. The van der Waals surface area contributed by atoms with Crippen LogP contribution in [-0.2, 0) is 14.4 Å². The van der Waals surface area contributed by atoms with E-state index in [9.17, 15) is 14.4 Å². The molecule has 168 valence electrons. The van der Waals surface area contributed by atoms with E-state index >= 15 is 0 Å². The lowest BCUT2D eigenvalue weighted by Crippen LogP contribution is -2.40. The van der Waals surface area contributed by atoms with Gasteiger partial charge in [0.05, 0.1) is 28.4 Å². The molecule has 0 radical (unpaired) electrons. The van der Waals surface area contributed by atoms with Crippen LogP contribution in [0.2, 0.25) is 0 Å². The number of carbonyl (C=O) groups excluding carboxylic acids is 3. The highest BCUT2D eigenvalue weighted by Crippen LogP contribution is 2.73. The summed E-state index contributed by atoms with van der Waals surface area (Å²) in [5, 5.41) is 0. The molecule has 1 saturated carbocycles. The van der Waals surface area contributed by atoms with Gasteiger partial charge in [0, 0.05) is 0 Å². The largest absolute Gasteiger partial charge is 0.298 e. The average Bonchev–Trinajstić information content (AvgIpc) is 3.30. The molecule has 2 bridgehead atoms. The molecule has 3 aliphatic rings. The van der Waals surface area contributed by atoms with Crippen LogP contribution in [0.4, 0.5) is 5.69 Å². The van der Waals surface area contributed by atoms with E-state index < -0.39 is 22.7 Å². The van der Waals surface area contributed by atoms with Crippen LogP contribution in [0, 0.1) is 29.6 Å². The quantitative estimate of drug-likeness (QED) is 0.511. The molecule has 6 rings (SSSR count). The molecule has 1 saturated heterocycles. The van der Waals surface area contributed by atoms with E-state index in [4.69, 9.17) is 0 Å². The minimum absolute atomic E-state index is 0.0289. The van der Waals surface area contributed by atoms with Crippen molar-refractivity contribution in [2.45, 2.75) is 20.8 Å². The Kier molecular flexibility index (Phi) is 4.20. The van der Waals surface area contributed by atoms with Gasteiger partial charge in [-0.15, -0.1) is 0 Å². The number of carbonyl (C=O) groups is 3. The Labute approximate surface area is 198 Å². The summed E-state index contributed by atoms with van der Waals surface area (Å²) in [4.78, 5) is 43.5. The normalized spacial score (nSPS) is 29.9. The fourth-order valence-corrected chi connectivity index (χ4v) is 6.86. The van der Waals surface area contributed by atoms with E-state index in [1.807, 2.05) is 106 Å². The standard InChI is InChI=1S/C30H25NO3/c1-18-12-10-11-17-21(18)31-26(32)24-25(27(31)33)30(3)23(20-15-8-5-9-16-20)22(29(24,2)28(30)34)19-13-6-4-7-14-19/h4-17,24-25H,1-3H3/t24-,25-,29-,30-/m0/s1. The molecule has 2 fully saturated rings. The molecular formula is C30H25NO3. The smallest absolute Gasteiger partial charge is 0.239 e. The van der Waals surface area contributed by atoms with Gasteiger partial charge in [-0.25, -0.2) is 4.90 Å². The third-order valence-electron chi connectivity index (χ3n) is 8.26. The summed E-state index contributed by atoms with van der Waals surface area (Å²) in [5.74, 6) is -2.02. The number of anilines is 1. The molecule has 1 heterocycles. The average molecular weight is 448 g/mol.